The number of rotatable bonds is 5. The summed E-state index contributed by atoms with van der Waals surface area (Å²) in [5.74, 6) is 2.17. The Morgan fingerprint density at radius 1 is 1.39 bits per heavy atom. The van der Waals surface area contributed by atoms with Gasteiger partial charge in [0.15, 0.2) is 5.71 Å². The van der Waals surface area contributed by atoms with E-state index in [1.165, 1.54) is 14.2 Å². The molecule has 0 atom stereocenters. The minimum Gasteiger partial charge on any atom is -0.480 e. The molecule has 1 rings (SSSR count). The number of benzene rings is 1. The fourth-order valence-electron chi connectivity index (χ4n) is 1.29. The van der Waals surface area contributed by atoms with Gasteiger partial charge in [0.25, 0.3) is 0 Å². The molecule has 0 saturated carbocycles. The molecule has 18 heavy (non-hydrogen) atoms. The molecule has 0 spiro atoms. The van der Waals surface area contributed by atoms with E-state index >= 15 is 0 Å². The van der Waals surface area contributed by atoms with Crippen molar-refractivity contribution >= 4 is 11.7 Å². The van der Waals surface area contributed by atoms with Crippen molar-refractivity contribution in [2.24, 2.45) is 5.16 Å². The Morgan fingerprint density at radius 3 is 2.72 bits per heavy atom. The van der Waals surface area contributed by atoms with Crippen LogP contribution in [0.3, 0.4) is 0 Å². The summed E-state index contributed by atoms with van der Waals surface area (Å²) in [6, 6.07) is 6.85. The van der Waals surface area contributed by atoms with Crippen LogP contribution in [0.2, 0.25) is 0 Å². The molecule has 0 fully saturated rings. The van der Waals surface area contributed by atoms with Gasteiger partial charge in [-0.25, -0.2) is 4.79 Å². The van der Waals surface area contributed by atoms with E-state index in [9.17, 15) is 4.79 Å². The molecule has 1 aromatic rings. The molecule has 5 nitrogen and oxygen atoms in total. The maximum Gasteiger partial charge on any atom is 0.360 e. The van der Waals surface area contributed by atoms with E-state index in [1.54, 1.807) is 24.3 Å². The van der Waals surface area contributed by atoms with E-state index in [0.29, 0.717) is 11.3 Å². The zero-order valence-corrected chi connectivity index (χ0v) is 10.2. The zero-order chi connectivity index (χ0) is 13.4. The largest absolute Gasteiger partial charge is 0.480 e. The fraction of sp³-hybridized carbons (Fsp3) is 0.231. The second-order valence-electron chi connectivity index (χ2n) is 3.10. The summed E-state index contributed by atoms with van der Waals surface area (Å²) in [5.41, 5.74) is 0.481. The first kappa shape index (κ1) is 13.6. The molecule has 94 valence electrons. The number of carbonyl (C=O) groups excluding carboxylic acids is 1. The van der Waals surface area contributed by atoms with Crippen LogP contribution < -0.4 is 4.74 Å². The third kappa shape index (κ3) is 3.25. The standard InChI is InChI=1S/C13H13NO4/c1-4-9-18-11-8-6-5-7-10(11)12(14-17-3)13(15)16-2/h1,5-8H,9H2,2-3H3. The summed E-state index contributed by atoms with van der Waals surface area (Å²) in [5, 5.41) is 3.64. The first-order valence-electron chi connectivity index (χ1n) is 5.09. The Morgan fingerprint density at radius 2 is 2.11 bits per heavy atom. The van der Waals surface area contributed by atoms with Gasteiger partial charge in [0.2, 0.25) is 0 Å². The van der Waals surface area contributed by atoms with Crippen LogP contribution in [0.1, 0.15) is 5.56 Å². The highest BCUT2D eigenvalue weighted by Crippen LogP contribution is 2.19. The number of oxime groups is 1. The molecule has 0 N–H and O–H groups in total. The third-order valence-corrected chi connectivity index (χ3v) is 2.01. The van der Waals surface area contributed by atoms with E-state index in [0.717, 1.165) is 0 Å². The number of esters is 1. The molecule has 1 aromatic carbocycles. The second kappa shape index (κ2) is 6.97. The van der Waals surface area contributed by atoms with E-state index in [4.69, 9.17) is 11.2 Å². The first-order chi connectivity index (χ1) is 8.74. The normalized spacial score (nSPS) is 10.4. The van der Waals surface area contributed by atoms with Gasteiger partial charge in [0, 0.05) is 0 Å². The molecule has 0 bridgehead atoms. The van der Waals surface area contributed by atoms with E-state index in [1.807, 2.05) is 0 Å². The van der Waals surface area contributed by atoms with Gasteiger partial charge in [-0.3, -0.25) is 0 Å². The van der Waals surface area contributed by atoms with Crippen molar-refractivity contribution in [1.29, 1.82) is 0 Å². The fourth-order valence-corrected chi connectivity index (χ4v) is 1.29. The number of nitrogens with zero attached hydrogens (tertiary/aromatic N) is 1. The minimum atomic E-state index is -0.617. The first-order valence-corrected chi connectivity index (χ1v) is 5.09. The van der Waals surface area contributed by atoms with Gasteiger partial charge in [0.1, 0.15) is 19.5 Å². The maximum absolute atomic E-state index is 11.6. The SMILES string of the molecule is C#CCOc1ccccc1C(=NOC)C(=O)OC. The lowest BCUT2D eigenvalue weighted by molar-refractivity contribution is -0.132. The third-order valence-electron chi connectivity index (χ3n) is 2.01. The number of ether oxygens (including phenoxy) is 2. The van der Waals surface area contributed by atoms with E-state index in [2.05, 4.69) is 20.7 Å². The lowest BCUT2D eigenvalue weighted by Gasteiger charge is -2.09. The summed E-state index contributed by atoms with van der Waals surface area (Å²) >= 11 is 0. The highest BCUT2D eigenvalue weighted by atomic mass is 16.6. The molecule has 0 aliphatic rings. The van der Waals surface area contributed by atoms with Gasteiger partial charge >= 0.3 is 5.97 Å². The van der Waals surface area contributed by atoms with Crippen molar-refractivity contribution < 1.29 is 19.1 Å². The summed E-state index contributed by atoms with van der Waals surface area (Å²) in [6.45, 7) is 0.0957. The topological polar surface area (TPSA) is 57.1 Å². The minimum absolute atomic E-state index is 0.0209. The smallest absolute Gasteiger partial charge is 0.360 e. The van der Waals surface area contributed by atoms with Crippen molar-refractivity contribution in [3.63, 3.8) is 0 Å². The number of carbonyl (C=O) groups is 1. The van der Waals surface area contributed by atoms with Crippen molar-refractivity contribution in [2.45, 2.75) is 0 Å². The van der Waals surface area contributed by atoms with Crippen molar-refractivity contribution in [2.75, 3.05) is 20.8 Å². The number of hydrogen-bond acceptors (Lipinski definition) is 5. The van der Waals surface area contributed by atoms with Gasteiger partial charge < -0.3 is 14.3 Å². The van der Waals surface area contributed by atoms with Crippen LogP contribution in [0, 0.1) is 12.3 Å². The Kier molecular flexibility index (Phi) is 5.26. The second-order valence-corrected chi connectivity index (χ2v) is 3.10. The van der Waals surface area contributed by atoms with E-state index < -0.39 is 5.97 Å². The lowest BCUT2D eigenvalue weighted by Crippen LogP contribution is -2.18. The van der Waals surface area contributed by atoms with Gasteiger partial charge in [-0.2, -0.15) is 0 Å². The van der Waals surface area contributed by atoms with Crippen LogP contribution in [0.5, 0.6) is 5.75 Å². The van der Waals surface area contributed by atoms with Crippen LogP contribution in [0.25, 0.3) is 0 Å². The van der Waals surface area contributed by atoms with Crippen molar-refractivity contribution in [3.8, 4) is 18.1 Å². The molecule has 0 heterocycles. The van der Waals surface area contributed by atoms with Crippen LogP contribution in [0.4, 0.5) is 0 Å². The van der Waals surface area contributed by atoms with Crippen molar-refractivity contribution in [1.82, 2.24) is 0 Å². The van der Waals surface area contributed by atoms with Crippen molar-refractivity contribution in [3.05, 3.63) is 29.8 Å². The van der Waals surface area contributed by atoms with Gasteiger partial charge in [0.05, 0.1) is 12.7 Å². The molecule has 0 aliphatic carbocycles. The Balaban J connectivity index is 3.16. The van der Waals surface area contributed by atoms with Crippen LogP contribution in [0.15, 0.2) is 29.4 Å². The van der Waals surface area contributed by atoms with Crippen LogP contribution >= 0.6 is 0 Å². The molecule has 0 aromatic heterocycles. The molecular formula is C13H13NO4. The molecule has 0 radical (unpaired) electrons. The Bertz CT molecular complexity index is 488. The highest BCUT2D eigenvalue weighted by molar-refractivity contribution is 6.43. The molecular weight excluding hydrogens is 234 g/mol. The number of hydrogen-bond donors (Lipinski definition) is 0. The summed E-state index contributed by atoms with van der Waals surface area (Å²) in [6.07, 6.45) is 5.13. The molecule has 0 saturated heterocycles. The maximum atomic E-state index is 11.6. The molecule has 5 heteroatoms. The lowest BCUT2D eigenvalue weighted by atomic mass is 10.1. The molecule has 0 amide bonds. The predicted molar refractivity (Wildman–Crippen MR) is 66.3 cm³/mol. The Hall–Kier alpha value is -2.48. The van der Waals surface area contributed by atoms with E-state index in [-0.39, 0.29) is 12.3 Å². The monoisotopic (exact) mass is 247 g/mol. The number of para-hydroxylation sites is 1. The molecule has 0 unspecified atom stereocenters. The van der Waals surface area contributed by atoms with Crippen LogP contribution in [-0.2, 0) is 14.4 Å². The average Bonchev–Trinajstić information content (AvgIpc) is 2.42. The molecule has 0 aliphatic heterocycles. The quantitative estimate of drug-likeness (QED) is 0.340. The predicted octanol–water partition coefficient (Wildman–Crippen LogP) is 1.22. The zero-order valence-electron chi connectivity index (χ0n) is 10.2. The summed E-state index contributed by atoms with van der Waals surface area (Å²) < 4.78 is 9.96. The van der Waals surface area contributed by atoms with Gasteiger partial charge in [-0.15, -0.1) is 6.42 Å². The highest BCUT2D eigenvalue weighted by Gasteiger charge is 2.19. The van der Waals surface area contributed by atoms with Crippen LogP contribution in [-0.4, -0.2) is 32.5 Å². The average molecular weight is 247 g/mol. The van der Waals surface area contributed by atoms with Gasteiger partial charge in [-0.1, -0.05) is 23.2 Å². The summed E-state index contributed by atoms with van der Waals surface area (Å²) in [7, 11) is 2.60. The number of terminal acetylenes is 1. The van der Waals surface area contributed by atoms with Gasteiger partial charge in [-0.05, 0) is 12.1 Å². The Labute approximate surface area is 105 Å². The summed E-state index contributed by atoms with van der Waals surface area (Å²) in [4.78, 5) is 16.2. The number of methoxy groups -OCH3 is 1.